The van der Waals surface area contributed by atoms with Crippen LogP contribution in [0.3, 0.4) is 0 Å². The number of ketones is 1. The third-order valence-electron chi connectivity index (χ3n) is 2.25. The van der Waals surface area contributed by atoms with Gasteiger partial charge in [-0.15, -0.1) is 0 Å². The Morgan fingerprint density at radius 3 is 2.40 bits per heavy atom. The molecule has 0 heterocycles. The molecule has 0 atom stereocenters. The molecule has 0 aliphatic carbocycles. The number of hydrogen-bond acceptors (Lipinski definition) is 1. The number of carbonyl (C=O) groups is 1. The molecule has 0 unspecified atom stereocenters. The third-order valence-corrected chi connectivity index (χ3v) is 3.08. The highest BCUT2D eigenvalue weighted by atomic mass is 79.9. The third kappa shape index (κ3) is 2.13. The Labute approximate surface area is 105 Å². The van der Waals surface area contributed by atoms with Gasteiger partial charge in [-0.2, -0.15) is 0 Å². The van der Waals surface area contributed by atoms with E-state index in [2.05, 4.69) is 31.9 Å². The Morgan fingerprint density at radius 1 is 1.00 bits per heavy atom. The average molecular weight is 328 g/mol. The lowest BCUT2D eigenvalue weighted by atomic mass is 10.0. The van der Waals surface area contributed by atoms with Crippen LogP contribution in [0.25, 0.3) is 10.8 Å². The molecular formula is C12H8Br2O. The summed E-state index contributed by atoms with van der Waals surface area (Å²) >= 11 is 6.46. The largest absolute Gasteiger partial charge is 0.292 e. The second-order valence-electron chi connectivity index (χ2n) is 3.19. The first kappa shape index (κ1) is 10.8. The number of alkyl halides is 2. The van der Waals surface area contributed by atoms with E-state index >= 15 is 0 Å². The van der Waals surface area contributed by atoms with Gasteiger partial charge in [0.1, 0.15) is 3.74 Å². The van der Waals surface area contributed by atoms with Crippen LogP contribution in [0.15, 0.2) is 42.5 Å². The molecule has 2 aromatic carbocycles. The summed E-state index contributed by atoms with van der Waals surface area (Å²) in [4.78, 5) is 11.9. The minimum atomic E-state index is -0.323. The normalized spacial score (nSPS) is 10.9. The zero-order valence-electron chi connectivity index (χ0n) is 7.78. The molecule has 2 aromatic rings. The standard InChI is InChI=1S/C12H8Br2O/c13-12(14)11(15)10-7-3-5-8-4-1-2-6-9(8)10/h1-7,12H. The number of rotatable bonds is 2. The highest BCUT2D eigenvalue weighted by Gasteiger charge is 2.15. The van der Waals surface area contributed by atoms with Crippen molar-refractivity contribution in [3.05, 3.63) is 48.0 Å². The molecule has 0 saturated heterocycles. The molecule has 15 heavy (non-hydrogen) atoms. The van der Waals surface area contributed by atoms with Gasteiger partial charge in [-0.05, 0) is 10.8 Å². The predicted molar refractivity (Wildman–Crippen MR) is 69.9 cm³/mol. The van der Waals surface area contributed by atoms with E-state index in [-0.39, 0.29) is 9.52 Å². The van der Waals surface area contributed by atoms with Gasteiger partial charge < -0.3 is 0 Å². The molecule has 0 aliphatic rings. The van der Waals surface area contributed by atoms with Crippen LogP contribution in [-0.2, 0) is 0 Å². The fourth-order valence-electron chi connectivity index (χ4n) is 1.56. The van der Waals surface area contributed by atoms with E-state index in [0.717, 1.165) is 16.3 Å². The lowest BCUT2D eigenvalue weighted by Gasteiger charge is -2.05. The monoisotopic (exact) mass is 326 g/mol. The molecule has 0 bridgehead atoms. The molecule has 0 aromatic heterocycles. The Balaban J connectivity index is 2.66. The molecule has 0 saturated carbocycles. The summed E-state index contributed by atoms with van der Waals surface area (Å²) in [6.07, 6.45) is 0. The summed E-state index contributed by atoms with van der Waals surface area (Å²) in [6.45, 7) is 0. The summed E-state index contributed by atoms with van der Waals surface area (Å²) in [5.41, 5.74) is 0.742. The van der Waals surface area contributed by atoms with E-state index in [0.29, 0.717) is 0 Å². The highest BCUT2D eigenvalue weighted by molar-refractivity contribution is 9.25. The smallest absolute Gasteiger partial charge is 0.187 e. The van der Waals surface area contributed by atoms with Crippen LogP contribution >= 0.6 is 31.9 Å². The Morgan fingerprint density at radius 2 is 1.67 bits per heavy atom. The van der Waals surface area contributed by atoms with Crippen molar-refractivity contribution in [2.75, 3.05) is 0 Å². The molecule has 0 amide bonds. The molecule has 0 spiro atoms. The Hall–Kier alpha value is -0.670. The molecule has 76 valence electrons. The SMILES string of the molecule is O=C(c1cccc2ccccc12)C(Br)Br. The first-order valence-corrected chi connectivity index (χ1v) is 6.33. The van der Waals surface area contributed by atoms with Gasteiger partial charge >= 0.3 is 0 Å². The van der Waals surface area contributed by atoms with Crippen LogP contribution in [0.1, 0.15) is 10.4 Å². The van der Waals surface area contributed by atoms with Crippen molar-refractivity contribution in [3.8, 4) is 0 Å². The molecule has 2 rings (SSSR count). The second kappa shape index (κ2) is 4.45. The van der Waals surface area contributed by atoms with Crippen LogP contribution < -0.4 is 0 Å². The number of halogens is 2. The van der Waals surface area contributed by atoms with Crippen LogP contribution in [0.5, 0.6) is 0 Å². The zero-order valence-corrected chi connectivity index (χ0v) is 11.0. The van der Waals surface area contributed by atoms with Crippen molar-refractivity contribution in [1.82, 2.24) is 0 Å². The zero-order chi connectivity index (χ0) is 10.8. The van der Waals surface area contributed by atoms with Crippen LogP contribution in [0.4, 0.5) is 0 Å². The number of benzene rings is 2. The molecular weight excluding hydrogens is 320 g/mol. The van der Waals surface area contributed by atoms with E-state index in [9.17, 15) is 4.79 Å². The summed E-state index contributed by atoms with van der Waals surface area (Å²) in [6, 6.07) is 13.6. The van der Waals surface area contributed by atoms with Gasteiger partial charge in [0.05, 0.1) is 0 Å². The summed E-state index contributed by atoms with van der Waals surface area (Å²) in [5.74, 6) is 0.0480. The lowest BCUT2D eigenvalue weighted by Crippen LogP contribution is -2.07. The quantitative estimate of drug-likeness (QED) is 0.598. The summed E-state index contributed by atoms with van der Waals surface area (Å²) < 4.78 is -0.323. The molecule has 1 nitrogen and oxygen atoms in total. The summed E-state index contributed by atoms with van der Waals surface area (Å²) in [7, 11) is 0. The Bertz CT molecular complexity index is 500. The van der Waals surface area contributed by atoms with Gasteiger partial charge in [0.15, 0.2) is 5.78 Å². The highest BCUT2D eigenvalue weighted by Crippen LogP contribution is 2.23. The minimum Gasteiger partial charge on any atom is -0.292 e. The van der Waals surface area contributed by atoms with Gasteiger partial charge in [-0.25, -0.2) is 0 Å². The predicted octanol–water partition coefficient (Wildman–Crippen LogP) is 4.14. The molecule has 0 N–H and O–H groups in total. The van der Waals surface area contributed by atoms with E-state index in [1.54, 1.807) is 0 Å². The van der Waals surface area contributed by atoms with Gasteiger partial charge in [-0.3, -0.25) is 4.79 Å². The number of carbonyl (C=O) groups excluding carboxylic acids is 1. The van der Waals surface area contributed by atoms with Crippen LogP contribution in [-0.4, -0.2) is 9.52 Å². The van der Waals surface area contributed by atoms with Crippen molar-refractivity contribution in [2.45, 2.75) is 3.74 Å². The fraction of sp³-hybridized carbons (Fsp3) is 0.0833. The number of hydrogen-bond donors (Lipinski definition) is 0. The molecule has 3 heteroatoms. The van der Waals surface area contributed by atoms with Gasteiger partial charge in [0, 0.05) is 5.56 Å². The van der Waals surface area contributed by atoms with Crippen molar-refractivity contribution < 1.29 is 4.79 Å². The first-order valence-electron chi connectivity index (χ1n) is 4.50. The summed E-state index contributed by atoms with van der Waals surface area (Å²) in [5, 5.41) is 2.08. The number of Topliss-reactive ketones (excluding diaryl/α,β-unsaturated/α-hetero) is 1. The number of fused-ring (bicyclic) bond motifs is 1. The topological polar surface area (TPSA) is 17.1 Å². The molecule has 0 fully saturated rings. The van der Waals surface area contributed by atoms with E-state index in [4.69, 9.17) is 0 Å². The average Bonchev–Trinajstić information content (AvgIpc) is 2.27. The van der Waals surface area contributed by atoms with Gasteiger partial charge in [0.25, 0.3) is 0 Å². The van der Waals surface area contributed by atoms with E-state index in [1.807, 2.05) is 42.5 Å². The van der Waals surface area contributed by atoms with E-state index in [1.165, 1.54) is 0 Å². The maximum atomic E-state index is 11.9. The first-order chi connectivity index (χ1) is 7.20. The maximum absolute atomic E-state index is 11.9. The molecule has 0 aliphatic heterocycles. The van der Waals surface area contributed by atoms with Crippen molar-refractivity contribution in [1.29, 1.82) is 0 Å². The molecule has 0 radical (unpaired) electrons. The van der Waals surface area contributed by atoms with Crippen molar-refractivity contribution in [3.63, 3.8) is 0 Å². The van der Waals surface area contributed by atoms with Crippen molar-refractivity contribution >= 4 is 48.4 Å². The van der Waals surface area contributed by atoms with Gasteiger partial charge in [-0.1, -0.05) is 74.3 Å². The van der Waals surface area contributed by atoms with Gasteiger partial charge in [0.2, 0.25) is 0 Å². The minimum absolute atomic E-state index is 0.0480. The lowest BCUT2D eigenvalue weighted by molar-refractivity contribution is 0.101. The Kier molecular flexibility index (Phi) is 3.22. The second-order valence-corrected chi connectivity index (χ2v) is 6.25. The van der Waals surface area contributed by atoms with Crippen LogP contribution in [0, 0.1) is 0 Å². The maximum Gasteiger partial charge on any atom is 0.187 e. The van der Waals surface area contributed by atoms with E-state index < -0.39 is 0 Å². The fourth-order valence-corrected chi connectivity index (χ4v) is 2.05. The van der Waals surface area contributed by atoms with Crippen molar-refractivity contribution in [2.24, 2.45) is 0 Å². The van der Waals surface area contributed by atoms with Crippen LogP contribution in [0.2, 0.25) is 0 Å².